The second-order valence-corrected chi connectivity index (χ2v) is 4.16. The van der Waals surface area contributed by atoms with Crippen LogP contribution in [0, 0.1) is 5.41 Å². The molecule has 3 N–H and O–H groups in total. The molecule has 17 heavy (non-hydrogen) atoms. The van der Waals surface area contributed by atoms with Crippen molar-refractivity contribution in [3.05, 3.63) is 29.8 Å². The van der Waals surface area contributed by atoms with Crippen LogP contribution in [0.4, 0.5) is 10.1 Å². The van der Waals surface area contributed by atoms with Gasteiger partial charge in [0.2, 0.25) is 0 Å². The standard InChI is InChI=1S/C12H17FN4/c13-9-10-2-1-3-11(8-10)16-4-6-17(7-5-16)12(14)15/h1-3,8H,4-7,9H2,(H3,14,15). The molecule has 2 rings (SSSR count). The summed E-state index contributed by atoms with van der Waals surface area (Å²) in [4.78, 5) is 4.04. The molecule has 0 atom stereocenters. The Balaban J connectivity index is 2.02. The van der Waals surface area contributed by atoms with E-state index in [0.29, 0.717) is 5.56 Å². The molecule has 1 aliphatic heterocycles. The minimum absolute atomic E-state index is 0.127. The fraction of sp³-hybridized carbons (Fsp3) is 0.417. The Hall–Kier alpha value is -1.78. The number of nitrogens with zero attached hydrogens (tertiary/aromatic N) is 2. The van der Waals surface area contributed by atoms with Crippen LogP contribution in [0.3, 0.4) is 0 Å². The summed E-state index contributed by atoms with van der Waals surface area (Å²) in [7, 11) is 0. The van der Waals surface area contributed by atoms with E-state index in [1.807, 2.05) is 23.1 Å². The van der Waals surface area contributed by atoms with E-state index in [1.165, 1.54) is 0 Å². The van der Waals surface area contributed by atoms with E-state index in [4.69, 9.17) is 11.1 Å². The highest BCUT2D eigenvalue weighted by Crippen LogP contribution is 2.18. The highest BCUT2D eigenvalue weighted by atomic mass is 19.1. The van der Waals surface area contributed by atoms with Gasteiger partial charge in [0.25, 0.3) is 0 Å². The van der Waals surface area contributed by atoms with Crippen LogP contribution < -0.4 is 10.6 Å². The Bertz CT molecular complexity index is 399. The second-order valence-electron chi connectivity index (χ2n) is 4.16. The number of guanidine groups is 1. The molecule has 1 aliphatic rings. The minimum Gasteiger partial charge on any atom is -0.370 e. The fourth-order valence-corrected chi connectivity index (χ4v) is 2.04. The minimum atomic E-state index is -0.429. The quantitative estimate of drug-likeness (QED) is 0.598. The average Bonchev–Trinajstić information content (AvgIpc) is 2.39. The maximum Gasteiger partial charge on any atom is 0.188 e. The highest BCUT2D eigenvalue weighted by molar-refractivity contribution is 5.75. The monoisotopic (exact) mass is 236 g/mol. The van der Waals surface area contributed by atoms with Crippen LogP contribution in [0.5, 0.6) is 0 Å². The third-order valence-electron chi connectivity index (χ3n) is 3.05. The first kappa shape index (κ1) is 11.7. The Labute approximate surface area is 100 Å². The molecule has 4 nitrogen and oxygen atoms in total. The summed E-state index contributed by atoms with van der Waals surface area (Å²) >= 11 is 0. The van der Waals surface area contributed by atoms with E-state index in [0.717, 1.165) is 31.9 Å². The summed E-state index contributed by atoms with van der Waals surface area (Å²) in [6, 6.07) is 7.53. The van der Waals surface area contributed by atoms with Gasteiger partial charge >= 0.3 is 0 Å². The third-order valence-corrected chi connectivity index (χ3v) is 3.05. The van der Waals surface area contributed by atoms with Crippen molar-refractivity contribution < 1.29 is 4.39 Å². The van der Waals surface area contributed by atoms with Gasteiger partial charge in [-0.25, -0.2) is 4.39 Å². The normalized spacial score (nSPS) is 16.1. The first-order chi connectivity index (χ1) is 8.20. The van der Waals surface area contributed by atoms with Crippen LogP contribution in [-0.2, 0) is 6.67 Å². The molecule has 1 heterocycles. The molecule has 0 aromatic heterocycles. The smallest absolute Gasteiger partial charge is 0.188 e. The number of alkyl halides is 1. The maximum atomic E-state index is 12.6. The number of halogens is 1. The number of piperazine rings is 1. The van der Waals surface area contributed by atoms with Crippen molar-refractivity contribution in [3.63, 3.8) is 0 Å². The SMILES string of the molecule is N=C(N)N1CCN(c2cccc(CF)c2)CC1. The highest BCUT2D eigenvalue weighted by Gasteiger charge is 2.17. The van der Waals surface area contributed by atoms with Gasteiger partial charge in [0.15, 0.2) is 5.96 Å². The van der Waals surface area contributed by atoms with Crippen LogP contribution in [0.1, 0.15) is 5.56 Å². The molecule has 5 heteroatoms. The van der Waals surface area contributed by atoms with Crippen LogP contribution in [0.25, 0.3) is 0 Å². The predicted octanol–water partition coefficient (Wildman–Crippen LogP) is 1.17. The lowest BCUT2D eigenvalue weighted by atomic mass is 10.2. The molecule has 0 spiro atoms. The van der Waals surface area contributed by atoms with Crippen molar-refractivity contribution in [1.29, 1.82) is 5.41 Å². The van der Waals surface area contributed by atoms with Crippen molar-refractivity contribution in [2.75, 3.05) is 31.1 Å². The van der Waals surface area contributed by atoms with Gasteiger partial charge in [-0.2, -0.15) is 0 Å². The topological polar surface area (TPSA) is 56.4 Å². The largest absolute Gasteiger partial charge is 0.370 e. The first-order valence-electron chi connectivity index (χ1n) is 5.69. The first-order valence-corrected chi connectivity index (χ1v) is 5.69. The number of rotatable bonds is 2. The van der Waals surface area contributed by atoms with Gasteiger partial charge in [0, 0.05) is 31.9 Å². The van der Waals surface area contributed by atoms with Crippen LogP contribution in [0.2, 0.25) is 0 Å². The van der Waals surface area contributed by atoms with E-state index in [9.17, 15) is 4.39 Å². The summed E-state index contributed by atoms with van der Waals surface area (Å²) < 4.78 is 12.6. The zero-order valence-electron chi connectivity index (χ0n) is 9.69. The van der Waals surface area contributed by atoms with Gasteiger partial charge in [-0.3, -0.25) is 5.41 Å². The lowest BCUT2D eigenvalue weighted by Gasteiger charge is -2.36. The Morgan fingerprint density at radius 2 is 2.00 bits per heavy atom. The van der Waals surface area contributed by atoms with Crippen molar-refractivity contribution in [3.8, 4) is 0 Å². The summed E-state index contributed by atoms with van der Waals surface area (Å²) in [5, 5.41) is 7.36. The van der Waals surface area contributed by atoms with E-state index in [-0.39, 0.29) is 5.96 Å². The number of benzene rings is 1. The number of anilines is 1. The van der Waals surface area contributed by atoms with Gasteiger partial charge in [-0.1, -0.05) is 12.1 Å². The average molecular weight is 236 g/mol. The molecular formula is C12H17FN4. The Kier molecular flexibility index (Phi) is 3.46. The molecule has 0 aliphatic carbocycles. The van der Waals surface area contributed by atoms with Crippen LogP contribution >= 0.6 is 0 Å². The number of hydrogen-bond donors (Lipinski definition) is 2. The Morgan fingerprint density at radius 1 is 1.29 bits per heavy atom. The number of hydrogen-bond acceptors (Lipinski definition) is 2. The fourth-order valence-electron chi connectivity index (χ4n) is 2.04. The van der Waals surface area contributed by atoms with Gasteiger partial charge in [-0.15, -0.1) is 0 Å². The summed E-state index contributed by atoms with van der Waals surface area (Å²) in [5.41, 5.74) is 7.19. The van der Waals surface area contributed by atoms with Gasteiger partial charge in [0.1, 0.15) is 6.67 Å². The zero-order chi connectivity index (χ0) is 12.3. The van der Waals surface area contributed by atoms with Crippen LogP contribution in [-0.4, -0.2) is 37.0 Å². The van der Waals surface area contributed by atoms with Gasteiger partial charge < -0.3 is 15.5 Å². The molecule has 0 amide bonds. The molecule has 0 radical (unpaired) electrons. The van der Waals surface area contributed by atoms with E-state index in [1.54, 1.807) is 6.07 Å². The molecular weight excluding hydrogens is 219 g/mol. The Morgan fingerprint density at radius 3 is 2.59 bits per heavy atom. The third kappa shape index (κ3) is 2.67. The molecule has 1 aromatic rings. The van der Waals surface area contributed by atoms with E-state index >= 15 is 0 Å². The summed E-state index contributed by atoms with van der Waals surface area (Å²) in [6.45, 7) is 2.69. The van der Waals surface area contributed by atoms with Crippen molar-refractivity contribution in [2.45, 2.75) is 6.67 Å². The lowest BCUT2D eigenvalue weighted by Crippen LogP contribution is -2.50. The van der Waals surface area contributed by atoms with Crippen molar-refractivity contribution in [2.24, 2.45) is 5.73 Å². The second kappa shape index (κ2) is 5.03. The lowest BCUT2D eigenvalue weighted by molar-refractivity contribution is 0.380. The summed E-state index contributed by atoms with van der Waals surface area (Å²) in [5.74, 6) is 0.127. The molecule has 92 valence electrons. The molecule has 0 unspecified atom stereocenters. The van der Waals surface area contributed by atoms with Gasteiger partial charge in [0.05, 0.1) is 0 Å². The van der Waals surface area contributed by atoms with Crippen molar-refractivity contribution >= 4 is 11.6 Å². The van der Waals surface area contributed by atoms with Crippen molar-refractivity contribution in [1.82, 2.24) is 4.90 Å². The van der Waals surface area contributed by atoms with E-state index < -0.39 is 6.67 Å². The molecule has 1 aromatic carbocycles. The maximum absolute atomic E-state index is 12.6. The molecule has 0 bridgehead atoms. The molecule has 0 saturated carbocycles. The summed E-state index contributed by atoms with van der Waals surface area (Å²) in [6.07, 6.45) is 0. The number of nitrogens with two attached hydrogens (primary N) is 1. The van der Waals surface area contributed by atoms with Crippen LogP contribution in [0.15, 0.2) is 24.3 Å². The van der Waals surface area contributed by atoms with Gasteiger partial charge in [-0.05, 0) is 17.7 Å². The number of nitrogens with one attached hydrogen (secondary N) is 1. The predicted molar refractivity (Wildman–Crippen MR) is 67.0 cm³/mol. The molecule has 1 saturated heterocycles. The van der Waals surface area contributed by atoms with E-state index in [2.05, 4.69) is 4.90 Å². The zero-order valence-corrected chi connectivity index (χ0v) is 9.69. The molecule has 1 fully saturated rings.